The Balaban J connectivity index is 1.60. The van der Waals surface area contributed by atoms with E-state index in [1.54, 1.807) is 18.2 Å². The zero-order chi connectivity index (χ0) is 20.1. The second kappa shape index (κ2) is 8.66. The first-order chi connectivity index (χ1) is 13.4. The second-order valence-corrected chi connectivity index (χ2v) is 8.39. The van der Waals surface area contributed by atoms with Crippen molar-refractivity contribution >= 4 is 16.1 Å². The SMILES string of the molecule is O=C(NCc1ccccc1F)N1CCCN(S(=O)(=O)c2ccc(F)cc2)CC1. The molecular weight excluding hydrogens is 388 g/mol. The van der Waals surface area contributed by atoms with Gasteiger partial charge in [-0.3, -0.25) is 0 Å². The van der Waals surface area contributed by atoms with Crippen molar-refractivity contribution < 1.29 is 22.0 Å². The van der Waals surface area contributed by atoms with E-state index in [0.29, 0.717) is 18.5 Å². The van der Waals surface area contributed by atoms with E-state index in [1.165, 1.54) is 27.4 Å². The van der Waals surface area contributed by atoms with Gasteiger partial charge in [0.15, 0.2) is 0 Å². The Morgan fingerprint density at radius 1 is 0.964 bits per heavy atom. The van der Waals surface area contributed by atoms with Crippen LogP contribution in [0.25, 0.3) is 0 Å². The lowest BCUT2D eigenvalue weighted by Gasteiger charge is -2.22. The number of rotatable bonds is 4. The first-order valence-electron chi connectivity index (χ1n) is 8.90. The van der Waals surface area contributed by atoms with Crippen LogP contribution in [-0.2, 0) is 16.6 Å². The Morgan fingerprint density at radius 2 is 1.68 bits per heavy atom. The number of hydrogen-bond donors (Lipinski definition) is 1. The fourth-order valence-corrected chi connectivity index (χ4v) is 4.49. The molecule has 150 valence electrons. The highest BCUT2D eigenvalue weighted by Crippen LogP contribution is 2.18. The van der Waals surface area contributed by atoms with Crippen molar-refractivity contribution in [3.63, 3.8) is 0 Å². The predicted molar refractivity (Wildman–Crippen MR) is 100.0 cm³/mol. The van der Waals surface area contributed by atoms with Crippen LogP contribution < -0.4 is 5.32 Å². The van der Waals surface area contributed by atoms with Crippen molar-refractivity contribution in [1.29, 1.82) is 0 Å². The second-order valence-electron chi connectivity index (χ2n) is 6.45. The third-order valence-electron chi connectivity index (χ3n) is 4.58. The molecule has 0 saturated carbocycles. The number of nitrogens with one attached hydrogen (secondary N) is 1. The highest BCUT2D eigenvalue weighted by atomic mass is 32.2. The number of benzene rings is 2. The van der Waals surface area contributed by atoms with Gasteiger partial charge in [0, 0.05) is 38.3 Å². The number of sulfonamides is 1. The summed E-state index contributed by atoms with van der Waals surface area (Å²) in [6.45, 7) is 1.05. The lowest BCUT2D eigenvalue weighted by Crippen LogP contribution is -2.42. The summed E-state index contributed by atoms with van der Waals surface area (Å²) in [4.78, 5) is 13.9. The summed E-state index contributed by atoms with van der Waals surface area (Å²) in [5, 5.41) is 2.67. The van der Waals surface area contributed by atoms with Crippen LogP contribution >= 0.6 is 0 Å². The standard InChI is InChI=1S/C19H21F2N3O3S/c20-16-6-8-17(9-7-16)28(26,27)24-11-3-10-23(12-13-24)19(25)22-14-15-4-1-2-5-18(15)21/h1-2,4-9H,3,10-14H2,(H,22,25). The Hall–Kier alpha value is -2.52. The van der Waals surface area contributed by atoms with E-state index in [4.69, 9.17) is 0 Å². The van der Waals surface area contributed by atoms with Crippen molar-refractivity contribution in [3.05, 3.63) is 65.7 Å². The Morgan fingerprint density at radius 3 is 2.39 bits per heavy atom. The number of carbonyl (C=O) groups is 1. The third-order valence-corrected chi connectivity index (χ3v) is 6.49. The number of hydrogen-bond acceptors (Lipinski definition) is 3. The van der Waals surface area contributed by atoms with Crippen LogP contribution in [0.15, 0.2) is 53.4 Å². The van der Waals surface area contributed by atoms with Gasteiger partial charge in [-0.1, -0.05) is 18.2 Å². The minimum absolute atomic E-state index is 0.0198. The van der Waals surface area contributed by atoms with Crippen molar-refractivity contribution in [3.8, 4) is 0 Å². The van der Waals surface area contributed by atoms with E-state index in [1.807, 2.05) is 0 Å². The minimum Gasteiger partial charge on any atom is -0.334 e. The number of nitrogens with zero attached hydrogens (tertiary/aromatic N) is 2. The summed E-state index contributed by atoms with van der Waals surface area (Å²) >= 11 is 0. The predicted octanol–water partition coefficient (Wildman–Crippen LogP) is 2.57. The lowest BCUT2D eigenvalue weighted by atomic mass is 10.2. The molecule has 2 amide bonds. The highest BCUT2D eigenvalue weighted by molar-refractivity contribution is 7.89. The zero-order valence-corrected chi connectivity index (χ0v) is 16.0. The van der Waals surface area contributed by atoms with E-state index in [9.17, 15) is 22.0 Å². The molecule has 6 nitrogen and oxygen atoms in total. The molecule has 1 heterocycles. The monoisotopic (exact) mass is 409 g/mol. The average molecular weight is 409 g/mol. The highest BCUT2D eigenvalue weighted by Gasteiger charge is 2.28. The number of halogens is 2. The Labute approximate surface area is 162 Å². The lowest BCUT2D eigenvalue weighted by molar-refractivity contribution is 0.200. The number of urea groups is 1. The van der Waals surface area contributed by atoms with E-state index < -0.39 is 21.7 Å². The van der Waals surface area contributed by atoms with Gasteiger partial charge in [-0.15, -0.1) is 0 Å². The van der Waals surface area contributed by atoms with Crippen LogP contribution in [0.5, 0.6) is 0 Å². The molecule has 0 unspecified atom stereocenters. The minimum atomic E-state index is -3.75. The summed E-state index contributed by atoms with van der Waals surface area (Å²) in [6, 6.07) is 10.5. The van der Waals surface area contributed by atoms with Crippen LogP contribution in [0.2, 0.25) is 0 Å². The van der Waals surface area contributed by atoms with Crippen LogP contribution in [0, 0.1) is 11.6 Å². The summed E-state index contributed by atoms with van der Waals surface area (Å²) in [6.07, 6.45) is 0.466. The molecule has 2 aromatic carbocycles. The van der Waals surface area contributed by atoms with Crippen LogP contribution in [-0.4, -0.2) is 49.8 Å². The van der Waals surface area contributed by atoms with Crippen molar-refractivity contribution in [1.82, 2.24) is 14.5 Å². The summed E-state index contributed by atoms with van der Waals surface area (Å²) in [7, 11) is -3.75. The van der Waals surface area contributed by atoms with Gasteiger partial charge >= 0.3 is 6.03 Å². The summed E-state index contributed by atoms with van der Waals surface area (Å²) in [5.41, 5.74) is 0.381. The van der Waals surface area contributed by atoms with Gasteiger partial charge < -0.3 is 10.2 Å². The molecule has 9 heteroatoms. The van der Waals surface area contributed by atoms with Gasteiger partial charge in [0.05, 0.1) is 4.90 Å². The van der Waals surface area contributed by atoms with Gasteiger partial charge in [0.2, 0.25) is 10.0 Å². The summed E-state index contributed by atoms with van der Waals surface area (Å²) in [5.74, 6) is -0.900. The number of amides is 2. The topological polar surface area (TPSA) is 69.7 Å². The molecule has 1 fully saturated rings. The smallest absolute Gasteiger partial charge is 0.317 e. The molecule has 2 aromatic rings. The third kappa shape index (κ3) is 4.66. The largest absolute Gasteiger partial charge is 0.334 e. The fourth-order valence-electron chi connectivity index (χ4n) is 3.02. The van der Waals surface area contributed by atoms with E-state index in [0.717, 1.165) is 12.1 Å². The molecule has 0 atom stereocenters. The molecule has 1 aliphatic rings. The molecule has 1 aliphatic heterocycles. The molecule has 0 aromatic heterocycles. The van der Waals surface area contributed by atoms with Crippen molar-refractivity contribution in [2.24, 2.45) is 0 Å². The molecule has 0 bridgehead atoms. The summed E-state index contributed by atoms with van der Waals surface area (Å²) < 4.78 is 53.4. The van der Waals surface area contributed by atoms with Crippen LogP contribution in [0.3, 0.4) is 0 Å². The van der Waals surface area contributed by atoms with Gasteiger partial charge in [-0.05, 0) is 36.8 Å². The molecule has 1 N–H and O–H groups in total. The quantitative estimate of drug-likeness (QED) is 0.844. The number of carbonyl (C=O) groups excluding carboxylic acids is 1. The molecule has 3 rings (SSSR count). The van der Waals surface area contributed by atoms with Gasteiger partial charge in [0.1, 0.15) is 11.6 Å². The van der Waals surface area contributed by atoms with Gasteiger partial charge in [0.25, 0.3) is 0 Å². The maximum atomic E-state index is 13.7. The first kappa shape index (κ1) is 20.2. The molecule has 28 heavy (non-hydrogen) atoms. The molecule has 1 saturated heterocycles. The maximum absolute atomic E-state index is 13.7. The molecule has 0 aliphatic carbocycles. The van der Waals surface area contributed by atoms with Crippen molar-refractivity contribution in [2.75, 3.05) is 26.2 Å². The van der Waals surface area contributed by atoms with E-state index >= 15 is 0 Å². The molecule has 0 radical (unpaired) electrons. The Kier molecular flexibility index (Phi) is 6.25. The normalized spacial score (nSPS) is 15.9. The fraction of sp³-hybridized carbons (Fsp3) is 0.316. The molecular formula is C19H21F2N3O3S. The Bertz CT molecular complexity index is 936. The zero-order valence-electron chi connectivity index (χ0n) is 15.1. The van der Waals surface area contributed by atoms with Crippen molar-refractivity contribution in [2.45, 2.75) is 17.9 Å². The van der Waals surface area contributed by atoms with Crippen LogP contribution in [0.4, 0.5) is 13.6 Å². The average Bonchev–Trinajstić information content (AvgIpc) is 2.94. The van der Waals surface area contributed by atoms with Crippen LogP contribution in [0.1, 0.15) is 12.0 Å². The van der Waals surface area contributed by atoms with E-state index in [-0.39, 0.29) is 37.1 Å². The first-order valence-corrected chi connectivity index (χ1v) is 10.3. The maximum Gasteiger partial charge on any atom is 0.317 e. The molecule has 0 spiro atoms. The van der Waals surface area contributed by atoms with Gasteiger partial charge in [-0.25, -0.2) is 22.0 Å². The van der Waals surface area contributed by atoms with Gasteiger partial charge in [-0.2, -0.15) is 4.31 Å². The van der Waals surface area contributed by atoms with E-state index in [2.05, 4.69) is 5.32 Å².